The molecule has 0 aliphatic carbocycles. The highest BCUT2D eigenvalue weighted by atomic mass is 127. The molecule has 0 unspecified atom stereocenters. The molecule has 0 atom stereocenters. The van der Waals surface area contributed by atoms with Crippen molar-refractivity contribution in [3.05, 3.63) is 48.4 Å². The Bertz CT molecular complexity index is 832. The zero-order valence-corrected chi connectivity index (χ0v) is 15.1. The van der Waals surface area contributed by atoms with Crippen LogP contribution in [0.3, 0.4) is 0 Å². The van der Waals surface area contributed by atoms with E-state index in [1.165, 1.54) is 0 Å². The summed E-state index contributed by atoms with van der Waals surface area (Å²) < 4.78 is 3.64. The number of nitrogens with two attached hydrogens (primary N) is 1. The summed E-state index contributed by atoms with van der Waals surface area (Å²) in [5.41, 5.74) is 8.45. The average molecular weight is 483 g/mol. The van der Waals surface area contributed by atoms with E-state index in [4.69, 9.17) is 28.9 Å². The van der Waals surface area contributed by atoms with E-state index in [1.807, 2.05) is 30.3 Å². The van der Waals surface area contributed by atoms with Gasteiger partial charge in [0.05, 0.1) is 26.8 Å². The highest BCUT2D eigenvalue weighted by molar-refractivity contribution is 14.1. The molecule has 0 aliphatic rings. The van der Waals surface area contributed by atoms with Crippen molar-refractivity contribution >= 4 is 78.7 Å². The molecule has 0 amide bonds. The molecule has 2 aromatic carbocycles. The van der Waals surface area contributed by atoms with Crippen molar-refractivity contribution in [1.29, 1.82) is 0 Å². The number of benzene rings is 2. The molecule has 0 saturated heterocycles. The molecule has 7 heteroatoms. The molecule has 3 nitrogen and oxygen atoms in total. The normalized spacial score (nSPS) is 11.2. The molecule has 0 aliphatic heterocycles. The van der Waals surface area contributed by atoms with Crippen molar-refractivity contribution in [2.24, 2.45) is 0 Å². The lowest BCUT2D eigenvalue weighted by Crippen LogP contribution is -2.01. The van der Waals surface area contributed by atoms with Gasteiger partial charge >= 0.3 is 0 Å². The number of fused-ring (bicyclic) bond motifs is 1. The largest absolute Gasteiger partial charge is 0.369 e. The molecule has 0 bridgehead atoms. The average Bonchev–Trinajstić information content (AvgIpc) is 2.72. The summed E-state index contributed by atoms with van der Waals surface area (Å²) in [6, 6.07) is 9.62. The predicted molar refractivity (Wildman–Crippen MR) is 95.9 cm³/mol. The number of rotatable bonds is 1. The van der Waals surface area contributed by atoms with Crippen molar-refractivity contribution in [1.82, 2.24) is 9.55 Å². The fraction of sp³-hybridized carbons (Fsp3) is 0. The van der Waals surface area contributed by atoms with Gasteiger partial charge in [-0.1, -0.05) is 23.2 Å². The van der Waals surface area contributed by atoms with Gasteiger partial charge in [-0.15, -0.1) is 0 Å². The van der Waals surface area contributed by atoms with Crippen LogP contribution in [0, 0.1) is 3.57 Å². The first kappa shape index (κ1) is 14.4. The Morgan fingerprint density at radius 2 is 1.90 bits per heavy atom. The van der Waals surface area contributed by atoms with Crippen LogP contribution in [-0.2, 0) is 0 Å². The summed E-state index contributed by atoms with van der Waals surface area (Å²) >= 11 is 18.1. The summed E-state index contributed by atoms with van der Waals surface area (Å²) in [5, 5.41) is 0.890. The second-order valence-electron chi connectivity index (χ2n) is 4.13. The van der Waals surface area contributed by atoms with Crippen LogP contribution >= 0.6 is 61.7 Å². The summed E-state index contributed by atoms with van der Waals surface area (Å²) in [5.74, 6) is 0.377. The molecule has 3 rings (SSSR count). The summed E-state index contributed by atoms with van der Waals surface area (Å²) in [4.78, 5) is 4.37. The van der Waals surface area contributed by atoms with Crippen LogP contribution in [0.5, 0.6) is 0 Å². The lowest BCUT2D eigenvalue weighted by Gasteiger charge is -2.11. The number of hydrogen-bond acceptors (Lipinski definition) is 2. The van der Waals surface area contributed by atoms with Gasteiger partial charge in [0.2, 0.25) is 5.95 Å². The lowest BCUT2D eigenvalue weighted by molar-refractivity contribution is 1.11. The Kier molecular flexibility index (Phi) is 3.87. The molecule has 1 aromatic heterocycles. The fourth-order valence-corrected chi connectivity index (χ4v) is 3.34. The van der Waals surface area contributed by atoms with E-state index in [0.717, 1.165) is 19.1 Å². The Morgan fingerprint density at radius 3 is 2.65 bits per heavy atom. The van der Waals surface area contributed by atoms with Gasteiger partial charge in [0.25, 0.3) is 0 Å². The van der Waals surface area contributed by atoms with Crippen LogP contribution in [0.1, 0.15) is 0 Å². The van der Waals surface area contributed by atoms with Crippen LogP contribution in [0.25, 0.3) is 16.7 Å². The van der Waals surface area contributed by atoms with Gasteiger partial charge in [0.1, 0.15) is 0 Å². The van der Waals surface area contributed by atoms with Crippen molar-refractivity contribution in [2.45, 2.75) is 0 Å². The highest BCUT2D eigenvalue weighted by Crippen LogP contribution is 2.37. The first-order chi connectivity index (χ1) is 9.49. The van der Waals surface area contributed by atoms with Gasteiger partial charge in [-0.05, 0) is 68.9 Å². The van der Waals surface area contributed by atoms with Crippen LogP contribution in [0.15, 0.2) is 34.8 Å². The smallest absolute Gasteiger partial charge is 0.205 e. The number of anilines is 1. The maximum Gasteiger partial charge on any atom is 0.205 e. The first-order valence-electron chi connectivity index (χ1n) is 5.56. The number of nitrogen functional groups attached to an aromatic ring is 1. The maximum absolute atomic E-state index is 6.33. The van der Waals surface area contributed by atoms with Crippen LogP contribution in [0.2, 0.25) is 10.0 Å². The number of aromatic nitrogens is 2. The molecule has 0 saturated carbocycles. The quantitative estimate of drug-likeness (QED) is 0.379. The Balaban J connectivity index is 2.35. The first-order valence-corrected chi connectivity index (χ1v) is 8.19. The molecule has 20 heavy (non-hydrogen) atoms. The third-order valence-corrected chi connectivity index (χ3v) is 5.33. The molecule has 2 N–H and O–H groups in total. The van der Waals surface area contributed by atoms with Crippen molar-refractivity contribution < 1.29 is 0 Å². The van der Waals surface area contributed by atoms with Gasteiger partial charge in [0.15, 0.2) is 0 Å². The fourth-order valence-electron chi connectivity index (χ4n) is 2.01. The van der Waals surface area contributed by atoms with E-state index in [-0.39, 0.29) is 0 Å². The van der Waals surface area contributed by atoms with Gasteiger partial charge in [-0.3, -0.25) is 4.57 Å². The minimum Gasteiger partial charge on any atom is -0.369 e. The SMILES string of the molecule is Nc1nc2cc(I)ccc2n1-c1ccc(Br)c(Cl)c1Cl. The van der Waals surface area contributed by atoms with Crippen molar-refractivity contribution in [3.63, 3.8) is 0 Å². The van der Waals surface area contributed by atoms with Crippen molar-refractivity contribution in [2.75, 3.05) is 5.73 Å². The van der Waals surface area contributed by atoms with Crippen molar-refractivity contribution in [3.8, 4) is 5.69 Å². The minimum absolute atomic E-state index is 0.377. The monoisotopic (exact) mass is 481 g/mol. The topological polar surface area (TPSA) is 43.8 Å². The lowest BCUT2D eigenvalue weighted by atomic mass is 10.3. The molecule has 0 radical (unpaired) electrons. The second kappa shape index (κ2) is 5.36. The summed E-state index contributed by atoms with van der Waals surface area (Å²) in [7, 11) is 0. The Morgan fingerprint density at radius 1 is 1.15 bits per heavy atom. The minimum atomic E-state index is 0.377. The second-order valence-corrected chi connectivity index (χ2v) is 6.99. The highest BCUT2D eigenvalue weighted by Gasteiger charge is 2.15. The number of imidazole rings is 1. The van der Waals surface area contributed by atoms with E-state index in [1.54, 1.807) is 4.57 Å². The molecule has 0 fully saturated rings. The van der Waals surface area contributed by atoms with E-state index >= 15 is 0 Å². The summed E-state index contributed by atoms with van der Waals surface area (Å²) in [6.45, 7) is 0. The Hall–Kier alpha value is -0.500. The predicted octanol–water partition coefficient (Wildman–Crippen LogP) is 5.28. The third kappa shape index (κ3) is 2.30. The van der Waals surface area contributed by atoms with E-state index in [0.29, 0.717) is 21.7 Å². The molecule has 3 aromatic rings. The molecule has 102 valence electrons. The number of halogens is 4. The number of nitrogens with zero attached hydrogens (tertiary/aromatic N) is 2. The van der Waals surface area contributed by atoms with E-state index < -0.39 is 0 Å². The van der Waals surface area contributed by atoms with Crippen LogP contribution in [0.4, 0.5) is 5.95 Å². The van der Waals surface area contributed by atoms with Gasteiger partial charge in [-0.25, -0.2) is 4.98 Å². The molecular formula is C13H7BrCl2IN3. The molecule has 1 heterocycles. The van der Waals surface area contributed by atoms with Crippen LogP contribution < -0.4 is 5.73 Å². The Labute approximate surface area is 147 Å². The summed E-state index contributed by atoms with van der Waals surface area (Å²) in [6.07, 6.45) is 0. The molecule has 0 spiro atoms. The standard InChI is InChI=1S/C13H7BrCl2IN3/c14-7-2-4-10(12(16)11(7)15)20-9-3-1-6(17)5-8(9)19-13(20)18/h1-5H,(H2,18,19). The van der Waals surface area contributed by atoms with E-state index in [9.17, 15) is 0 Å². The van der Waals surface area contributed by atoms with Crippen LogP contribution in [-0.4, -0.2) is 9.55 Å². The zero-order valence-electron chi connectivity index (χ0n) is 9.87. The van der Waals surface area contributed by atoms with E-state index in [2.05, 4.69) is 43.5 Å². The van der Waals surface area contributed by atoms with Gasteiger partial charge < -0.3 is 5.73 Å². The van der Waals surface area contributed by atoms with Gasteiger partial charge in [-0.2, -0.15) is 0 Å². The third-order valence-electron chi connectivity index (χ3n) is 2.90. The maximum atomic E-state index is 6.33. The number of hydrogen-bond donors (Lipinski definition) is 1. The zero-order chi connectivity index (χ0) is 14.4. The molecular weight excluding hydrogens is 476 g/mol. The van der Waals surface area contributed by atoms with Gasteiger partial charge in [0, 0.05) is 8.04 Å².